The average molecular weight is 415 g/mol. The number of halogens is 1. The summed E-state index contributed by atoms with van der Waals surface area (Å²) >= 11 is 0. The Balaban J connectivity index is 1.73. The van der Waals surface area contributed by atoms with Crippen molar-refractivity contribution in [2.24, 2.45) is 5.92 Å². The number of aryl methyl sites for hydroxylation is 1. The molecule has 8 nitrogen and oxygen atoms in total. The van der Waals surface area contributed by atoms with E-state index in [1.54, 1.807) is 13.0 Å². The summed E-state index contributed by atoms with van der Waals surface area (Å²) in [4.78, 5) is 20.8. The van der Waals surface area contributed by atoms with Crippen LogP contribution in [0.25, 0.3) is 11.0 Å². The summed E-state index contributed by atoms with van der Waals surface area (Å²) < 4.78 is 19.5. The Hall–Kier alpha value is -3.20. The van der Waals surface area contributed by atoms with E-state index >= 15 is 0 Å². The van der Waals surface area contributed by atoms with Crippen molar-refractivity contribution in [1.82, 2.24) is 15.3 Å². The molecule has 3 aromatic rings. The van der Waals surface area contributed by atoms with Gasteiger partial charge in [0.05, 0.1) is 30.7 Å². The van der Waals surface area contributed by atoms with Crippen molar-refractivity contribution in [2.75, 3.05) is 17.2 Å². The van der Waals surface area contributed by atoms with E-state index in [4.69, 9.17) is 9.52 Å². The van der Waals surface area contributed by atoms with Gasteiger partial charge in [0.2, 0.25) is 5.95 Å². The van der Waals surface area contributed by atoms with E-state index in [1.807, 2.05) is 20.8 Å². The number of carbonyl (C=O) groups excluding carboxylic acids is 1. The first kappa shape index (κ1) is 21.5. The number of nitrogens with one attached hydrogen (secondary N) is 3. The number of furan rings is 1. The van der Waals surface area contributed by atoms with Crippen molar-refractivity contribution in [2.45, 2.75) is 39.8 Å². The highest BCUT2D eigenvalue weighted by Gasteiger charge is 2.25. The van der Waals surface area contributed by atoms with Crippen molar-refractivity contribution < 1.29 is 18.7 Å². The molecule has 2 amide bonds. The predicted molar refractivity (Wildman–Crippen MR) is 113 cm³/mol. The second-order valence-corrected chi connectivity index (χ2v) is 7.58. The number of urea groups is 1. The monoisotopic (exact) mass is 415 g/mol. The molecule has 160 valence electrons. The summed E-state index contributed by atoms with van der Waals surface area (Å²) in [7, 11) is 0. The van der Waals surface area contributed by atoms with Crippen molar-refractivity contribution in [3.8, 4) is 0 Å². The standard InChI is InChI=1S/C21H26FN5O3/c1-11(2)18(19-13(4)16-7-14(22)5-6-17(16)30-19)27-21(29)26-15-8-23-20(24-9-15)25-12(3)10-28/h5-9,11-12,18,28H,10H2,1-4H3,(H,23,24,25)(H2,26,27,29)/t12-,18?/m1/s1. The minimum Gasteiger partial charge on any atom is -0.459 e. The lowest BCUT2D eigenvalue weighted by atomic mass is 9.98. The van der Waals surface area contributed by atoms with Crippen LogP contribution < -0.4 is 16.0 Å². The quantitative estimate of drug-likeness (QED) is 0.464. The smallest absolute Gasteiger partial charge is 0.319 e. The molecule has 0 fully saturated rings. The highest BCUT2D eigenvalue weighted by atomic mass is 19.1. The second-order valence-electron chi connectivity index (χ2n) is 7.58. The van der Waals surface area contributed by atoms with Gasteiger partial charge in [-0.15, -0.1) is 0 Å². The topological polar surface area (TPSA) is 112 Å². The van der Waals surface area contributed by atoms with Gasteiger partial charge in [0.1, 0.15) is 17.2 Å². The number of aromatic nitrogens is 2. The summed E-state index contributed by atoms with van der Waals surface area (Å²) in [6.45, 7) is 7.52. The van der Waals surface area contributed by atoms with Gasteiger partial charge in [0.15, 0.2) is 0 Å². The fraction of sp³-hybridized carbons (Fsp3) is 0.381. The Morgan fingerprint density at radius 2 is 1.93 bits per heavy atom. The molecule has 0 saturated heterocycles. The minimum absolute atomic E-state index is 0.0302. The van der Waals surface area contributed by atoms with E-state index in [0.29, 0.717) is 28.4 Å². The Morgan fingerprint density at radius 3 is 2.57 bits per heavy atom. The van der Waals surface area contributed by atoms with Gasteiger partial charge in [-0.25, -0.2) is 19.2 Å². The number of nitrogens with zero attached hydrogens (tertiary/aromatic N) is 2. The van der Waals surface area contributed by atoms with Gasteiger partial charge < -0.3 is 25.5 Å². The van der Waals surface area contributed by atoms with Crippen LogP contribution in [0.4, 0.5) is 20.8 Å². The number of aliphatic hydroxyl groups excluding tert-OH is 1. The van der Waals surface area contributed by atoms with Gasteiger partial charge in [-0.2, -0.15) is 0 Å². The number of benzene rings is 1. The number of carbonyl (C=O) groups is 1. The number of hydrogen-bond donors (Lipinski definition) is 4. The van der Waals surface area contributed by atoms with Crippen molar-refractivity contribution in [3.05, 3.63) is 47.7 Å². The van der Waals surface area contributed by atoms with Crippen LogP contribution in [-0.4, -0.2) is 33.8 Å². The molecule has 0 bridgehead atoms. The van der Waals surface area contributed by atoms with Gasteiger partial charge in [0, 0.05) is 17.0 Å². The molecule has 3 rings (SSSR count). The van der Waals surface area contributed by atoms with Crippen molar-refractivity contribution in [1.29, 1.82) is 0 Å². The molecule has 9 heteroatoms. The maximum Gasteiger partial charge on any atom is 0.319 e. The zero-order valence-corrected chi connectivity index (χ0v) is 17.4. The molecule has 0 radical (unpaired) electrons. The normalized spacial score (nSPS) is 13.3. The number of aliphatic hydroxyl groups is 1. The van der Waals surface area contributed by atoms with Gasteiger partial charge >= 0.3 is 6.03 Å². The first-order chi connectivity index (χ1) is 14.3. The fourth-order valence-electron chi connectivity index (χ4n) is 3.09. The van der Waals surface area contributed by atoms with Gasteiger partial charge in [-0.1, -0.05) is 13.8 Å². The third kappa shape index (κ3) is 4.85. The molecular formula is C21H26FN5O3. The Labute approximate surface area is 173 Å². The number of amides is 2. The average Bonchev–Trinajstić information content (AvgIpc) is 3.03. The van der Waals surface area contributed by atoms with E-state index in [2.05, 4.69) is 25.9 Å². The van der Waals surface area contributed by atoms with Crippen LogP contribution in [0, 0.1) is 18.7 Å². The maximum atomic E-state index is 13.6. The molecule has 1 unspecified atom stereocenters. The summed E-state index contributed by atoms with van der Waals surface area (Å²) in [5.74, 6) is 0.640. The van der Waals surface area contributed by atoms with E-state index in [-0.39, 0.29) is 24.4 Å². The van der Waals surface area contributed by atoms with Gasteiger partial charge in [0.25, 0.3) is 0 Å². The third-order valence-electron chi connectivity index (χ3n) is 4.73. The van der Waals surface area contributed by atoms with E-state index < -0.39 is 12.1 Å². The molecular weight excluding hydrogens is 389 g/mol. The van der Waals surface area contributed by atoms with E-state index in [0.717, 1.165) is 5.56 Å². The number of anilines is 2. The Kier molecular flexibility index (Phi) is 6.51. The Morgan fingerprint density at radius 1 is 1.23 bits per heavy atom. The first-order valence-electron chi connectivity index (χ1n) is 9.74. The Bertz CT molecular complexity index is 1020. The second kappa shape index (κ2) is 9.08. The lowest BCUT2D eigenvalue weighted by molar-refractivity contribution is 0.241. The SMILES string of the molecule is Cc1c(C(NC(=O)Nc2cnc(N[C@H](C)CO)nc2)C(C)C)oc2ccc(F)cc12. The van der Waals surface area contributed by atoms with Crippen LogP contribution >= 0.6 is 0 Å². The molecule has 2 aromatic heterocycles. The molecule has 0 aliphatic carbocycles. The third-order valence-corrected chi connectivity index (χ3v) is 4.73. The first-order valence-corrected chi connectivity index (χ1v) is 9.74. The number of fused-ring (bicyclic) bond motifs is 1. The predicted octanol–water partition coefficient (Wildman–Crippen LogP) is 3.98. The molecule has 0 spiro atoms. The highest BCUT2D eigenvalue weighted by molar-refractivity contribution is 5.89. The zero-order valence-electron chi connectivity index (χ0n) is 17.4. The van der Waals surface area contributed by atoms with Crippen LogP contribution in [-0.2, 0) is 0 Å². The van der Waals surface area contributed by atoms with Gasteiger partial charge in [-0.05, 0) is 38.0 Å². The van der Waals surface area contributed by atoms with Crippen LogP contribution in [0.2, 0.25) is 0 Å². The summed E-state index contributed by atoms with van der Waals surface area (Å²) in [5.41, 5.74) is 1.78. The molecule has 2 atom stereocenters. The maximum absolute atomic E-state index is 13.6. The summed E-state index contributed by atoms with van der Waals surface area (Å²) in [6.07, 6.45) is 2.94. The molecule has 2 heterocycles. The van der Waals surface area contributed by atoms with Gasteiger partial charge in [-0.3, -0.25) is 0 Å². The van der Waals surface area contributed by atoms with Crippen molar-refractivity contribution in [3.63, 3.8) is 0 Å². The van der Waals surface area contributed by atoms with Crippen LogP contribution in [0.5, 0.6) is 0 Å². The number of rotatable bonds is 7. The fourth-order valence-corrected chi connectivity index (χ4v) is 3.09. The molecule has 0 aliphatic heterocycles. The lowest BCUT2D eigenvalue weighted by Crippen LogP contribution is -2.35. The molecule has 0 aliphatic rings. The molecule has 4 N–H and O–H groups in total. The van der Waals surface area contributed by atoms with Crippen LogP contribution in [0.1, 0.15) is 38.1 Å². The lowest BCUT2D eigenvalue weighted by Gasteiger charge is -2.21. The molecule has 0 saturated carbocycles. The number of hydrogen-bond acceptors (Lipinski definition) is 6. The molecule has 30 heavy (non-hydrogen) atoms. The van der Waals surface area contributed by atoms with E-state index in [9.17, 15) is 9.18 Å². The minimum atomic E-state index is -0.437. The largest absolute Gasteiger partial charge is 0.459 e. The molecule has 1 aromatic carbocycles. The van der Waals surface area contributed by atoms with Crippen LogP contribution in [0.15, 0.2) is 35.0 Å². The zero-order chi connectivity index (χ0) is 21.8. The summed E-state index contributed by atoms with van der Waals surface area (Å²) in [6, 6.07) is 3.34. The van der Waals surface area contributed by atoms with Crippen molar-refractivity contribution >= 4 is 28.6 Å². The highest BCUT2D eigenvalue weighted by Crippen LogP contribution is 2.33. The van der Waals surface area contributed by atoms with Crippen LogP contribution in [0.3, 0.4) is 0 Å². The summed E-state index contributed by atoms with van der Waals surface area (Å²) in [5, 5.41) is 18.3. The van der Waals surface area contributed by atoms with E-state index in [1.165, 1.54) is 24.5 Å².